The summed E-state index contributed by atoms with van der Waals surface area (Å²) in [5.41, 5.74) is 0. The third-order valence-corrected chi connectivity index (χ3v) is 5.88. The molecular weight excluding hydrogens is 220 g/mol. The molecule has 17 heavy (non-hydrogen) atoms. The zero-order valence-corrected chi connectivity index (χ0v) is 9.96. The van der Waals surface area contributed by atoms with E-state index >= 15 is 0 Å². The second-order valence-corrected chi connectivity index (χ2v) is 5.97. The highest BCUT2D eigenvalue weighted by Crippen LogP contribution is 2.83. The molecule has 4 nitrogen and oxygen atoms in total. The van der Waals surface area contributed by atoms with Crippen LogP contribution in [0.25, 0.3) is 0 Å². The fraction of sp³-hybridized carbons (Fsp3) is 0.846. The third-order valence-electron chi connectivity index (χ3n) is 5.88. The van der Waals surface area contributed by atoms with E-state index in [2.05, 4.69) is 0 Å². The molecule has 4 heteroatoms. The predicted molar refractivity (Wildman–Crippen MR) is 56.6 cm³/mol. The van der Waals surface area contributed by atoms with Crippen LogP contribution in [0.1, 0.15) is 6.42 Å². The molecule has 0 radical (unpaired) electrons. The first-order chi connectivity index (χ1) is 8.20. The molecule has 5 aliphatic rings. The summed E-state index contributed by atoms with van der Waals surface area (Å²) in [6.07, 6.45) is 1.23. The van der Waals surface area contributed by atoms with Crippen LogP contribution in [-0.4, -0.2) is 26.2 Å². The molecule has 2 unspecified atom stereocenters. The van der Waals surface area contributed by atoms with E-state index in [4.69, 9.17) is 9.47 Å². The number of hydrogen-bond donors (Lipinski definition) is 0. The molecule has 0 aromatic heterocycles. The van der Waals surface area contributed by atoms with E-state index in [1.165, 1.54) is 20.6 Å². The van der Waals surface area contributed by atoms with Crippen molar-refractivity contribution >= 4 is 11.9 Å². The average Bonchev–Trinajstić information content (AvgIpc) is 2.75. The largest absolute Gasteiger partial charge is 0.469 e. The van der Waals surface area contributed by atoms with Crippen molar-refractivity contribution in [1.29, 1.82) is 0 Å². The van der Waals surface area contributed by atoms with Gasteiger partial charge in [0.05, 0.1) is 26.1 Å². The zero-order valence-electron chi connectivity index (χ0n) is 9.96. The molecular formula is C13H16O4. The van der Waals surface area contributed by atoms with Crippen LogP contribution >= 0.6 is 0 Å². The minimum atomic E-state index is -0.226. The van der Waals surface area contributed by atoms with Gasteiger partial charge in [-0.05, 0) is 41.9 Å². The van der Waals surface area contributed by atoms with Gasteiger partial charge in [-0.3, -0.25) is 9.59 Å². The summed E-state index contributed by atoms with van der Waals surface area (Å²) in [5, 5.41) is 0. The van der Waals surface area contributed by atoms with Crippen molar-refractivity contribution in [3.8, 4) is 0 Å². The molecule has 5 aliphatic carbocycles. The number of esters is 2. The Morgan fingerprint density at radius 3 is 1.59 bits per heavy atom. The summed E-state index contributed by atoms with van der Waals surface area (Å²) in [5.74, 6) is 2.78. The second kappa shape index (κ2) is 2.85. The Morgan fingerprint density at radius 2 is 1.24 bits per heavy atom. The molecule has 8 atom stereocenters. The van der Waals surface area contributed by atoms with Gasteiger partial charge >= 0.3 is 11.9 Å². The highest BCUT2D eigenvalue weighted by molar-refractivity contribution is 5.84. The topological polar surface area (TPSA) is 52.6 Å². The van der Waals surface area contributed by atoms with Gasteiger partial charge in [-0.25, -0.2) is 0 Å². The van der Waals surface area contributed by atoms with E-state index in [-0.39, 0.29) is 23.8 Å². The molecule has 5 fully saturated rings. The van der Waals surface area contributed by atoms with E-state index in [1.54, 1.807) is 0 Å². The average molecular weight is 236 g/mol. The van der Waals surface area contributed by atoms with Gasteiger partial charge in [-0.1, -0.05) is 0 Å². The summed E-state index contributed by atoms with van der Waals surface area (Å²) < 4.78 is 9.80. The maximum atomic E-state index is 11.9. The normalized spacial score (nSPS) is 55.9. The van der Waals surface area contributed by atoms with Crippen molar-refractivity contribution in [2.75, 3.05) is 14.2 Å². The van der Waals surface area contributed by atoms with Gasteiger partial charge in [0.2, 0.25) is 0 Å². The fourth-order valence-electron chi connectivity index (χ4n) is 5.65. The highest BCUT2D eigenvalue weighted by Gasteiger charge is 2.82. The molecule has 6 bridgehead atoms. The van der Waals surface area contributed by atoms with E-state index in [0.717, 1.165) is 17.8 Å². The van der Waals surface area contributed by atoms with Crippen molar-refractivity contribution < 1.29 is 19.1 Å². The Kier molecular flexibility index (Phi) is 1.66. The van der Waals surface area contributed by atoms with Crippen LogP contribution in [0.3, 0.4) is 0 Å². The first-order valence-electron chi connectivity index (χ1n) is 6.36. The lowest BCUT2D eigenvalue weighted by molar-refractivity contribution is -0.160. The number of methoxy groups -OCH3 is 2. The number of carbonyl (C=O) groups is 2. The minimum absolute atomic E-state index is 0.205. The van der Waals surface area contributed by atoms with Gasteiger partial charge in [0.1, 0.15) is 0 Å². The molecule has 0 aliphatic heterocycles. The molecule has 92 valence electrons. The molecule has 0 heterocycles. The van der Waals surface area contributed by atoms with Crippen molar-refractivity contribution in [3.05, 3.63) is 0 Å². The van der Waals surface area contributed by atoms with E-state index in [0.29, 0.717) is 17.8 Å². The first-order valence-corrected chi connectivity index (χ1v) is 6.36. The van der Waals surface area contributed by atoms with Crippen LogP contribution in [-0.2, 0) is 19.1 Å². The van der Waals surface area contributed by atoms with Crippen LogP contribution in [0.4, 0.5) is 0 Å². The summed E-state index contributed by atoms with van der Waals surface area (Å²) in [6, 6.07) is 0. The maximum Gasteiger partial charge on any atom is 0.309 e. The standard InChI is InChI=1S/C13H16O4/c1-16-12(14)10-8-5-3-4-6(8)7(4)9(5)11(10)13(15)17-2/h4-11H,3H2,1-2H3/t4?,5?,6-,7-,8+,9+,10-,11+/m0/s1. The van der Waals surface area contributed by atoms with Gasteiger partial charge in [0.25, 0.3) is 0 Å². The Balaban J connectivity index is 1.73. The lowest BCUT2D eigenvalue weighted by Crippen LogP contribution is -2.37. The molecule has 5 rings (SSSR count). The minimum Gasteiger partial charge on any atom is -0.469 e. The summed E-state index contributed by atoms with van der Waals surface area (Å²) in [7, 11) is 2.83. The van der Waals surface area contributed by atoms with E-state index < -0.39 is 0 Å². The van der Waals surface area contributed by atoms with Crippen LogP contribution in [0.5, 0.6) is 0 Å². The van der Waals surface area contributed by atoms with Gasteiger partial charge in [0.15, 0.2) is 0 Å². The summed E-state index contributed by atoms with van der Waals surface area (Å²) >= 11 is 0. The van der Waals surface area contributed by atoms with Crippen LogP contribution < -0.4 is 0 Å². The van der Waals surface area contributed by atoms with Gasteiger partial charge in [-0.15, -0.1) is 0 Å². The van der Waals surface area contributed by atoms with Gasteiger partial charge in [0, 0.05) is 0 Å². The molecule has 0 spiro atoms. The Hall–Kier alpha value is -1.06. The monoisotopic (exact) mass is 236 g/mol. The lowest BCUT2D eigenvalue weighted by atomic mass is 9.79. The van der Waals surface area contributed by atoms with Crippen molar-refractivity contribution in [3.63, 3.8) is 0 Å². The third kappa shape index (κ3) is 0.893. The predicted octanol–water partition coefficient (Wildman–Crippen LogP) is 0.706. The van der Waals surface area contributed by atoms with Crippen LogP contribution in [0.15, 0.2) is 0 Å². The number of carbonyl (C=O) groups excluding carboxylic acids is 2. The SMILES string of the molecule is COC(=O)[C@@H]1[C@H](C(=O)OC)[C@@H]2C3CC4[C@@H]([C@H]42)[C@@H]31. The molecule has 0 amide bonds. The first kappa shape index (κ1) is 9.92. The Bertz CT molecular complexity index is 382. The number of ether oxygens (including phenoxy) is 2. The number of rotatable bonds is 2. The maximum absolute atomic E-state index is 11.9. The van der Waals surface area contributed by atoms with E-state index in [9.17, 15) is 9.59 Å². The van der Waals surface area contributed by atoms with Gasteiger partial charge in [-0.2, -0.15) is 0 Å². The Labute approximate surface area is 99.6 Å². The fourth-order valence-corrected chi connectivity index (χ4v) is 5.65. The second-order valence-electron chi connectivity index (χ2n) is 5.97. The molecule has 0 aromatic carbocycles. The molecule has 5 saturated carbocycles. The lowest BCUT2D eigenvalue weighted by Gasteiger charge is -2.26. The number of hydrogen-bond acceptors (Lipinski definition) is 4. The summed E-state index contributed by atoms with van der Waals surface area (Å²) in [4.78, 5) is 23.9. The smallest absolute Gasteiger partial charge is 0.309 e. The molecule has 0 saturated heterocycles. The summed E-state index contributed by atoms with van der Waals surface area (Å²) in [6.45, 7) is 0. The highest BCUT2D eigenvalue weighted by atomic mass is 16.5. The van der Waals surface area contributed by atoms with Crippen LogP contribution in [0, 0.1) is 47.3 Å². The van der Waals surface area contributed by atoms with Crippen molar-refractivity contribution in [2.45, 2.75) is 6.42 Å². The Morgan fingerprint density at radius 1 is 0.824 bits per heavy atom. The van der Waals surface area contributed by atoms with Gasteiger partial charge < -0.3 is 9.47 Å². The molecule has 0 aromatic rings. The quantitative estimate of drug-likeness (QED) is 0.662. The van der Waals surface area contributed by atoms with Crippen LogP contribution in [0.2, 0.25) is 0 Å². The van der Waals surface area contributed by atoms with Crippen molar-refractivity contribution in [2.24, 2.45) is 47.3 Å². The van der Waals surface area contributed by atoms with E-state index in [1.807, 2.05) is 0 Å². The zero-order chi connectivity index (χ0) is 11.9. The molecule has 0 N–H and O–H groups in total. The van der Waals surface area contributed by atoms with Crippen molar-refractivity contribution in [1.82, 2.24) is 0 Å².